The van der Waals surface area contributed by atoms with Crippen LogP contribution in [0.1, 0.15) is 17.7 Å². The topological polar surface area (TPSA) is 52.0 Å². The van der Waals surface area contributed by atoms with E-state index in [9.17, 15) is 0 Å². The van der Waals surface area contributed by atoms with Crippen LogP contribution in [0.5, 0.6) is 0 Å². The lowest BCUT2D eigenvalue weighted by Crippen LogP contribution is -2.00. The summed E-state index contributed by atoms with van der Waals surface area (Å²) < 4.78 is 4.75. The predicted octanol–water partition coefficient (Wildman–Crippen LogP) is 0.874. The van der Waals surface area contributed by atoms with Gasteiger partial charge in [0, 0.05) is 5.56 Å². The van der Waals surface area contributed by atoms with Crippen molar-refractivity contribution in [2.24, 2.45) is 5.73 Å². The van der Waals surface area contributed by atoms with Gasteiger partial charge in [0.05, 0.1) is 5.69 Å². The highest BCUT2D eigenvalue weighted by Gasteiger charge is 2.00. The smallest absolute Gasteiger partial charge is 0.126 e. The van der Waals surface area contributed by atoms with E-state index in [1.54, 1.807) is 6.26 Å². The Morgan fingerprint density at radius 3 is 3.00 bits per heavy atom. The maximum atomic E-state index is 5.34. The zero-order valence-electron chi connectivity index (χ0n) is 6.13. The number of nitrogens with two attached hydrogens (primary N) is 1. The summed E-state index contributed by atoms with van der Waals surface area (Å²) in [5.41, 5.74) is 7.49. The average Bonchev–Trinajstić information content (AvgIpc) is 2.31. The van der Waals surface area contributed by atoms with Crippen LogP contribution in [0.25, 0.3) is 0 Å². The lowest BCUT2D eigenvalue weighted by atomic mass is 10.2. The van der Waals surface area contributed by atoms with Gasteiger partial charge in [-0.3, -0.25) is 0 Å². The minimum absolute atomic E-state index is 0.715. The number of hydrogen-bond acceptors (Lipinski definition) is 3. The van der Waals surface area contributed by atoms with E-state index in [1.165, 1.54) is 0 Å². The zero-order valence-corrected chi connectivity index (χ0v) is 6.13. The first-order chi connectivity index (χ1) is 4.84. The maximum absolute atomic E-state index is 5.34. The lowest BCUT2D eigenvalue weighted by Gasteiger charge is -1.92. The molecule has 0 spiro atoms. The van der Waals surface area contributed by atoms with Crippen molar-refractivity contribution in [2.45, 2.75) is 19.8 Å². The van der Waals surface area contributed by atoms with Crippen LogP contribution >= 0.6 is 0 Å². The molecule has 10 heavy (non-hydrogen) atoms. The summed E-state index contributed by atoms with van der Waals surface area (Å²) in [6.45, 7) is 2.70. The predicted molar refractivity (Wildman–Crippen MR) is 38.6 cm³/mol. The Kier molecular flexibility index (Phi) is 2.45. The number of aryl methyl sites for hydroxylation is 2. The molecule has 0 saturated carbocycles. The molecule has 1 aromatic rings. The molecule has 56 valence electrons. The summed E-state index contributed by atoms with van der Waals surface area (Å²) in [4.78, 5) is 0. The van der Waals surface area contributed by atoms with Gasteiger partial charge in [0.15, 0.2) is 0 Å². The molecule has 0 aliphatic carbocycles. The van der Waals surface area contributed by atoms with Gasteiger partial charge < -0.3 is 10.3 Å². The molecule has 3 nitrogen and oxygen atoms in total. The van der Waals surface area contributed by atoms with Gasteiger partial charge in [0.2, 0.25) is 0 Å². The van der Waals surface area contributed by atoms with E-state index >= 15 is 0 Å². The van der Waals surface area contributed by atoms with E-state index in [2.05, 4.69) is 5.16 Å². The molecule has 1 aromatic heterocycles. The maximum Gasteiger partial charge on any atom is 0.126 e. The molecule has 0 aliphatic rings. The van der Waals surface area contributed by atoms with E-state index in [0.29, 0.717) is 6.54 Å². The molecule has 0 aliphatic heterocycles. The van der Waals surface area contributed by atoms with E-state index in [4.69, 9.17) is 10.3 Å². The Bertz CT molecular complexity index is 195. The molecule has 0 saturated heterocycles. The van der Waals surface area contributed by atoms with Gasteiger partial charge in [0.25, 0.3) is 0 Å². The monoisotopic (exact) mass is 140 g/mol. The minimum atomic E-state index is 0.715. The summed E-state index contributed by atoms with van der Waals surface area (Å²) in [7, 11) is 0. The summed E-state index contributed by atoms with van der Waals surface area (Å²) >= 11 is 0. The van der Waals surface area contributed by atoms with Crippen LogP contribution < -0.4 is 5.73 Å². The summed E-state index contributed by atoms with van der Waals surface area (Å²) in [5, 5.41) is 3.82. The third-order valence-corrected chi connectivity index (χ3v) is 1.47. The highest BCUT2D eigenvalue weighted by Crippen LogP contribution is 2.05. The van der Waals surface area contributed by atoms with Gasteiger partial charge >= 0.3 is 0 Å². The Balaban J connectivity index is 2.49. The zero-order chi connectivity index (χ0) is 7.40. The second-order valence-corrected chi connectivity index (χ2v) is 2.34. The first kappa shape index (κ1) is 7.28. The number of aromatic nitrogens is 1. The summed E-state index contributed by atoms with van der Waals surface area (Å²) in [6, 6.07) is 0. The molecule has 0 bridgehead atoms. The lowest BCUT2D eigenvalue weighted by molar-refractivity contribution is 0.410. The van der Waals surface area contributed by atoms with Crippen molar-refractivity contribution in [3.05, 3.63) is 17.5 Å². The fourth-order valence-corrected chi connectivity index (χ4v) is 0.821. The van der Waals surface area contributed by atoms with Crippen molar-refractivity contribution < 1.29 is 4.52 Å². The summed E-state index contributed by atoms with van der Waals surface area (Å²) in [6.07, 6.45) is 3.57. The van der Waals surface area contributed by atoms with Crippen LogP contribution in [0.2, 0.25) is 0 Å². The number of hydrogen-bond donors (Lipinski definition) is 1. The Morgan fingerprint density at radius 1 is 1.70 bits per heavy atom. The fourth-order valence-electron chi connectivity index (χ4n) is 0.821. The van der Waals surface area contributed by atoms with Gasteiger partial charge in [-0.1, -0.05) is 5.16 Å². The van der Waals surface area contributed by atoms with Gasteiger partial charge in [0.1, 0.15) is 6.26 Å². The highest BCUT2D eigenvalue weighted by atomic mass is 16.5. The normalized spacial score (nSPS) is 10.2. The molecule has 0 amide bonds. The average molecular weight is 140 g/mol. The molecule has 0 fully saturated rings. The molecular weight excluding hydrogens is 128 g/mol. The molecule has 1 heterocycles. The van der Waals surface area contributed by atoms with E-state index < -0.39 is 0 Å². The van der Waals surface area contributed by atoms with Gasteiger partial charge in [-0.15, -0.1) is 0 Å². The van der Waals surface area contributed by atoms with Crippen molar-refractivity contribution in [1.29, 1.82) is 0 Å². The molecule has 0 aromatic carbocycles. The van der Waals surface area contributed by atoms with E-state index in [0.717, 1.165) is 24.1 Å². The molecule has 0 unspecified atom stereocenters. The minimum Gasteiger partial charge on any atom is -0.364 e. The van der Waals surface area contributed by atoms with E-state index in [-0.39, 0.29) is 0 Å². The standard InChI is InChI=1S/C7H12N2O/c1-6-5-10-9-7(6)3-2-4-8/h5H,2-4,8H2,1H3. The third kappa shape index (κ3) is 1.57. The molecular formula is C7H12N2O. The van der Waals surface area contributed by atoms with Crippen LogP contribution in [0.15, 0.2) is 10.8 Å². The summed E-state index contributed by atoms with van der Waals surface area (Å²) in [5.74, 6) is 0. The van der Waals surface area contributed by atoms with Crippen LogP contribution in [0.4, 0.5) is 0 Å². The molecule has 3 heteroatoms. The second kappa shape index (κ2) is 3.37. The quantitative estimate of drug-likeness (QED) is 0.677. The van der Waals surface area contributed by atoms with Gasteiger partial charge in [-0.05, 0) is 26.3 Å². The molecule has 1 rings (SSSR count). The second-order valence-electron chi connectivity index (χ2n) is 2.34. The van der Waals surface area contributed by atoms with E-state index in [1.807, 2.05) is 6.92 Å². The van der Waals surface area contributed by atoms with Crippen LogP contribution in [0, 0.1) is 6.92 Å². The first-order valence-electron chi connectivity index (χ1n) is 3.44. The third-order valence-electron chi connectivity index (χ3n) is 1.47. The molecule has 2 N–H and O–H groups in total. The SMILES string of the molecule is Cc1conc1CCCN. The van der Waals surface area contributed by atoms with Crippen molar-refractivity contribution in [1.82, 2.24) is 5.16 Å². The number of rotatable bonds is 3. The van der Waals surface area contributed by atoms with Crippen LogP contribution in [-0.4, -0.2) is 11.7 Å². The van der Waals surface area contributed by atoms with Gasteiger partial charge in [-0.2, -0.15) is 0 Å². The van der Waals surface area contributed by atoms with Crippen molar-refractivity contribution >= 4 is 0 Å². The van der Waals surface area contributed by atoms with Crippen molar-refractivity contribution in [3.63, 3.8) is 0 Å². The van der Waals surface area contributed by atoms with Crippen molar-refractivity contribution in [2.75, 3.05) is 6.54 Å². The fraction of sp³-hybridized carbons (Fsp3) is 0.571. The van der Waals surface area contributed by atoms with Crippen LogP contribution in [-0.2, 0) is 6.42 Å². The first-order valence-corrected chi connectivity index (χ1v) is 3.44. The Labute approximate surface area is 60.2 Å². The molecule has 0 atom stereocenters. The number of nitrogens with zero attached hydrogens (tertiary/aromatic N) is 1. The van der Waals surface area contributed by atoms with Crippen LogP contribution in [0.3, 0.4) is 0 Å². The Morgan fingerprint density at radius 2 is 2.50 bits per heavy atom. The van der Waals surface area contributed by atoms with Crippen molar-refractivity contribution in [3.8, 4) is 0 Å². The Hall–Kier alpha value is -0.830. The van der Waals surface area contributed by atoms with Gasteiger partial charge in [-0.25, -0.2) is 0 Å². The molecule has 0 radical (unpaired) electrons. The highest BCUT2D eigenvalue weighted by molar-refractivity contribution is 5.11. The largest absolute Gasteiger partial charge is 0.364 e.